The normalized spacial score (nSPS) is 24.7. The van der Waals surface area contributed by atoms with Crippen LogP contribution in [0.2, 0.25) is 0 Å². The summed E-state index contributed by atoms with van der Waals surface area (Å²) >= 11 is 1.80. The van der Waals surface area contributed by atoms with Gasteiger partial charge in [-0.15, -0.1) is 11.3 Å². The van der Waals surface area contributed by atoms with E-state index >= 15 is 0 Å². The largest absolute Gasteiger partial charge is 0.379 e. The van der Waals surface area contributed by atoms with E-state index in [-0.39, 0.29) is 0 Å². The van der Waals surface area contributed by atoms with E-state index in [2.05, 4.69) is 29.0 Å². The average molecular weight is 416 g/mol. The third kappa shape index (κ3) is 4.15. The molecular formula is C22H33N5OS. The molecule has 0 amide bonds. The minimum absolute atomic E-state index is 0.490. The van der Waals surface area contributed by atoms with Crippen LogP contribution >= 0.6 is 11.3 Å². The molecule has 2 aromatic rings. The summed E-state index contributed by atoms with van der Waals surface area (Å²) in [4.78, 5) is 17.6. The van der Waals surface area contributed by atoms with Crippen molar-refractivity contribution in [3.8, 4) is 0 Å². The van der Waals surface area contributed by atoms with E-state index in [0.29, 0.717) is 6.04 Å². The maximum Gasteiger partial charge on any atom is 0.146 e. The molecule has 0 spiro atoms. The molecule has 4 heterocycles. The van der Waals surface area contributed by atoms with E-state index in [1.807, 2.05) is 0 Å². The zero-order valence-electron chi connectivity index (χ0n) is 17.7. The van der Waals surface area contributed by atoms with Gasteiger partial charge in [-0.05, 0) is 38.7 Å². The SMILES string of the molecule is Cc1sc2nc(CN3CCOCC3)nc(NC3CCN(C4CCCC4)C3)c2c1C. The number of fused-ring (bicyclic) bond motifs is 1. The first-order valence-corrected chi connectivity index (χ1v) is 12.1. The minimum atomic E-state index is 0.490. The Balaban J connectivity index is 1.37. The number of morpholine rings is 1. The Morgan fingerprint density at radius 2 is 1.86 bits per heavy atom. The van der Waals surface area contributed by atoms with Crippen LogP contribution in [0.25, 0.3) is 10.2 Å². The van der Waals surface area contributed by atoms with Gasteiger partial charge in [0.1, 0.15) is 16.5 Å². The fraction of sp³-hybridized carbons (Fsp3) is 0.727. The lowest BCUT2D eigenvalue weighted by molar-refractivity contribution is 0.0331. The van der Waals surface area contributed by atoms with Gasteiger partial charge >= 0.3 is 0 Å². The molecule has 7 heteroatoms. The summed E-state index contributed by atoms with van der Waals surface area (Å²) in [6, 6.07) is 1.30. The molecule has 1 saturated carbocycles. The summed E-state index contributed by atoms with van der Waals surface area (Å²) in [6.07, 6.45) is 6.80. The summed E-state index contributed by atoms with van der Waals surface area (Å²) in [6.45, 7) is 11.1. The van der Waals surface area contributed by atoms with Crippen LogP contribution in [0.4, 0.5) is 5.82 Å². The summed E-state index contributed by atoms with van der Waals surface area (Å²) in [5.74, 6) is 1.99. The van der Waals surface area contributed by atoms with Crippen molar-refractivity contribution in [3.63, 3.8) is 0 Å². The lowest BCUT2D eigenvalue weighted by Crippen LogP contribution is -2.36. The van der Waals surface area contributed by atoms with E-state index < -0.39 is 0 Å². The lowest BCUT2D eigenvalue weighted by Gasteiger charge is -2.26. The Morgan fingerprint density at radius 1 is 1.07 bits per heavy atom. The Labute approximate surface area is 177 Å². The maximum atomic E-state index is 5.49. The monoisotopic (exact) mass is 415 g/mol. The Bertz CT molecular complexity index is 856. The van der Waals surface area contributed by atoms with Gasteiger partial charge in [0.25, 0.3) is 0 Å². The van der Waals surface area contributed by atoms with Crippen LogP contribution in [-0.2, 0) is 11.3 Å². The van der Waals surface area contributed by atoms with Gasteiger partial charge in [0.2, 0.25) is 0 Å². The fourth-order valence-corrected chi connectivity index (χ4v) is 6.18. The minimum Gasteiger partial charge on any atom is -0.379 e. The molecular weight excluding hydrogens is 382 g/mol. The summed E-state index contributed by atoms with van der Waals surface area (Å²) in [5.41, 5.74) is 1.33. The first-order chi connectivity index (χ1) is 14.2. The number of rotatable bonds is 5. The van der Waals surface area contributed by atoms with Crippen LogP contribution in [0.15, 0.2) is 0 Å². The molecule has 0 radical (unpaired) electrons. The van der Waals surface area contributed by atoms with Gasteiger partial charge in [-0.2, -0.15) is 0 Å². The van der Waals surface area contributed by atoms with Crippen molar-refractivity contribution in [1.29, 1.82) is 0 Å². The predicted molar refractivity (Wildman–Crippen MR) is 119 cm³/mol. The third-order valence-corrected chi connectivity index (χ3v) is 8.05. The zero-order valence-corrected chi connectivity index (χ0v) is 18.6. The molecule has 3 aliphatic rings. The number of likely N-dealkylation sites (tertiary alicyclic amines) is 1. The summed E-state index contributed by atoms with van der Waals surface area (Å²) < 4.78 is 5.49. The Hall–Kier alpha value is -1.28. The van der Waals surface area contributed by atoms with Crippen LogP contribution < -0.4 is 5.32 Å². The quantitative estimate of drug-likeness (QED) is 0.806. The molecule has 2 aliphatic heterocycles. The number of nitrogens with zero attached hydrogens (tertiary/aromatic N) is 4. The van der Waals surface area contributed by atoms with Crippen LogP contribution in [-0.4, -0.2) is 71.2 Å². The van der Waals surface area contributed by atoms with Crippen molar-refractivity contribution in [2.24, 2.45) is 0 Å². The number of hydrogen-bond donors (Lipinski definition) is 1. The fourth-order valence-electron chi connectivity index (χ4n) is 5.13. The molecule has 0 bridgehead atoms. The number of anilines is 1. The lowest BCUT2D eigenvalue weighted by atomic mass is 10.2. The van der Waals surface area contributed by atoms with E-state index in [1.54, 1.807) is 11.3 Å². The smallest absolute Gasteiger partial charge is 0.146 e. The van der Waals surface area contributed by atoms with E-state index in [0.717, 1.165) is 61.9 Å². The highest BCUT2D eigenvalue weighted by molar-refractivity contribution is 7.18. The van der Waals surface area contributed by atoms with E-state index in [1.165, 1.54) is 54.5 Å². The van der Waals surface area contributed by atoms with Gasteiger partial charge < -0.3 is 10.1 Å². The number of aromatic nitrogens is 2. The summed E-state index contributed by atoms with van der Waals surface area (Å²) in [7, 11) is 0. The van der Waals surface area contributed by atoms with Gasteiger partial charge in [-0.1, -0.05) is 12.8 Å². The predicted octanol–water partition coefficient (Wildman–Crippen LogP) is 3.57. The molecule has 5 rings (SSSR count). The maximum absolute atomic E-state index is 5.49. The highest BCUT2D eigenvalue weighted by atomic mass is 32.1. The van der Waals surface area contributed by atoms with Gasteiger partial charge in [0.05, 0.1) is 25.1 Å². The van der Waals surface area contributed by atoms with Crippen LogP contribution in [0.3, 0.4) is 0 Å². The van der Waals surface area contributed by atoms with Gasteiger partial charge in [-0.3, -0.25) is 9.80 Å². The molecule has 1 unspecified atom stereocenters. The molecule has 29 heavy (non-hydrogen) atoms. The molecule has 158 valence electrons. The number of ether oxygens (including phenoxy) is 1. The molecule has 0 aromatic carbocycles. The number of nitrogens with one attached hydrogen (secondary N) is 1. The van der Waals surface area contributed by atoms with Crippen LogP contribution in [0.1, 0.15) is 48.4 Å². The Kier molecular flexibility index (Phi) is 5.74. The van der Waals surface area contributed by atoms with Crippen LogP contribution in [0.5, 0.6) is 0 Å². The Morgan fingerprint density at radius 3 is 2.66 bits per heavy atom. The highest BCUT2D eigenvalue weighted by Gasteiger charge is 2.30. The van der Waals surface area contributed by atoms with E-state index in [4.69, 9.17) is 14.7 Å². The second kappa shape index (κ2) is 8.46. The van der Waals surface area contributed by atoms with Crippen molar-refractivity contribution in [2.75, 3.05) is 44.7 Å². The molecule has 3 fully saturated rings. The van der Waals surface area contributed by atoms with Crippen molar-refractivity contribution < 1.29 is 4.74 Å². The number of aryl methyl sites for hydroxylation is 2. The third-order valence-electron chi connectivity index (χ3n) is 6.95. The van der Waals surface area contributed by atoms with Crippen molar-refractivity contribution in [3.05, 3.63) is 16.3 Å². The van der Waals surface area contributed by atoms with Gasteiger partial charge in [-0.25, -0.2) is 9.97 Å². The van der Waals surface area contributed by atoms with Crippen molar-refractivity contribution in [2.45, 2.75) is 64.6 Å². The molecule has 2 saturated heterocycles. The highest BCUT2D eigenvalue weighted by Crippen LogP contribution is 2.35. The molecule has 6 nitrogen and oxygen atoms in total. The van der Waals surface area contributed by atoms with Crippen LogP contribution in [0, 0.1) is 13.8 Å². The first-order valence-electron chi connectivity index (χ1n) is 11.2. The number of hydrogen-bond acceptors (Lipinski definition) is 7. The summed E-state index contributed by atoms with van der Waals surface area (Å²) in [5, 5.41) is 5.07. The average Bonchev–Trinajstić information content (AvgIpc) is 3.44. The molecule has 1 atom stereocenters. The number of thiophene rings is 1. The second-order valence-corrected chi connectivity index (χ2v) is 10.1. The molecule has 1 N–H and O–H groups in total. The zero-order chi connectivity index (χ0) is 19.8. The molecule has 1 aliphatic carbocycles. The topological polar surface area (TPSA) is 53.5 Å². The van der Waals surface area contributed by atoms with E-state index in [9.17, 15) is 0 Å². The van der Waals surface area contributed by atoms with Crippen molar-refractivity contribution >= 4 is 27.4 Å². The van der Waals surface area contributed by atoms with Crippen molar-refractivity contribution in [1.82, 2.24) is 19.8 Å². The molecule has 2 aromatic heterocycles. The first kappa shape index (κ1) is 19.7. The second-order valence-electron chi connectivity index (χ2n) is 8.90. The standard InChI is InChI=1S/C22H33N5OS/c1-15-16(2)29-22-20(15)21(24-19(25-22)14-26-9-11-28-12-10-26)23-17-7-8-27(13-17)18-5-3-4-6-18/h17-18H,3-14H2,1-2H3,(H,23,24,25). The van der Waals surface area contributed by atoms with Gasteiger partial charge in [0, 0.05) is 43.1 Å². The van der Waals surface area contributed by atoms with Gasteiger partial charge in [0.15, 0.2) is 0 Å².